The van der Waals surface area contributed by atoms with Crippen molar-refractivity contribution in [1.82, 2.24) is 5.32 Å². The summed E-state index contributed by atoms with van der Waals surface area (Å²) in [5.74, 6) is 1.22. The van der Waals surface area contributed by atoms with E-state index in [0.29, 0.717) is 18.4 Å². The Balaban J connectivity index is 2.62. The summed E-state index contributed by atoms with van der Waals surface area (Å²) in [6.45, 7) is 12.8. The second-order valence-electron chi connectivity index (χ2n) is 5.22. The average molecular weight is 221 g/mol. The normalized spacial score (nSPS) is 29.5. The Hall–Kier alpha value is -1.05. The molecule has 0 spiro atoms. The maximum absolute atomic E-state index is 12.0. The first kappa shape index (κ1) is 13.0. The van der Waals surface area contributed by atoms with Gasteiger partial charge in [-0.1, -0.05) is 37.6 Å². The van der Waals surface area contributed by atoms with Gasteiger partial charge in [0.25, 0.3) is 0 Å². The summed E-state index contributed by atoms with van der Waals surface area (Å²) in [5, 5.41) is 2.96. The van der Waals surface area contributed by atoms with Crippen LogP contribution in [0.4, 0.5) is 0 Å². The van der Waals surface area contributed by atoms with Crippen LogP contribution in [0.3, 0.4) is 0 Å². The van der Waals surface area contributed by atoms with Crippen LogP contribution < -0.4 is 5.32 Å². The Labute approximate surface area is 98.8 Å². The zero-order valence-electron chi connectivity index (χ0n) is 10.8. The molecule has 1 aliphatic rings. The number of allylic oxidation sites excluding steroid dienone is 2. The molecule has 0 fully saturated rings. The first-order chi connectivity index (χ1) is 7.41. The van der Waals surface area contributed by atoms with Gasteiger partial charge in [-0.05, 0) is 32.1 Å². The highest BCUT2D eigenvalue weighted by Crippen LogP contribution is 2.33. The molecular formula is C14H23NO. The molecule has 1 N–H and O–H groups in total. The number of carbonyl (C=O) groups excluding carboxylic acids is 1. The van der Waals surface area contributed by atoms with Gasteiger partial charge in [-0.25, -0.2) is 0 Å². The highest BCUT2D eigenvalue weighted by molar-refractivity contribution is 5.79. The van der Waals surface area contributed by atoms with E-state index in [-0.39, 0.29) is 11.8 Å². The minimum atomic E-state index is 0.124. The first-order valence-corrected chi connectivity index (χ1v) is 6.01. The molecule has 0 bridgehead atoms. The second-order valence-corrected chi connectivity index (χ2v) is 5.22. The zero-order valence-corrected chi connectivity index (χ0v) is 10.8. The minimum Gasteiger partial charge on any atom is -0.352 e. The number of hydrogen-bond donors (Lipinski definition) is 1. The molecule has 16 heavy (non-hydrogen) atoms. The molecule has 90 valence electrons. The molecular weight excluding hydrogens is 198 g/mol. The number of amides is 1. The molecule has 0 aliphatic heterocycles. The summed E-state index contributed by atoms with van der Waals surface area (Å²) in [6, 6.07) is 0. The predicted molar refractivity (Wildman–Crippen MR) is 68.0 cm³/mol. The fraction of sp³-hybridized carbons (Fsp3) is 0.643. The van der Waals surface area contributed by atoms with Crippen LogP contribution in [0.25, 0.3) is 0 Å². The van der Waals surface area contributed by atoms with Crippen LogP contribution in [0.2, 0.25) is 0 Å². The van der Waals surface area contributed by atoms with E-state index >= 15 is 0 Å². The van der Waals surface area contributed by atoms with E-state index in [4.69, 9.17) is 0 Å². The number of nitrogens with one attached hydrogen (secondary N) is 1. The SMILES string of the molecule is C=C(C)CNC(=O)C1CC(C)=CC(C)C1C. The third-order valence-electron chi connectivity index (χ3n) is 3.45. The molecule has 0 saturated heterocycles. The van der Waals surface area contributed by atoms with Crippen LogP contribution in [-0.2, 0) is 4.79 Å². The molecule has 3 unspecified atom stereocenters. The topological polar surface area (TPSA) is 29.1 Å². The summed E-state index contributed by atoms with van der Waals surface area (Å²) in [4.78, 5) is 12.0. The largest absolute Gasteiger partial charge is 0.352 e. The minimum absolute atomic E-state index is 0.124. The van der Waals surface area contributed by atoms with Crippen molar-refractivity contribution in [2.24, 2.45) is 17.8 Å². The van der Waals surface area contributed by atoms with Crippen molar-refractivity contribution < 1.29 is 4.79 Å². The van der Waals surface area contributed by atoms with Crippen molar-refractivity contribution in [2.45, 2.75) is 34.1 Å². The van der Waals surface area contributed by atoms with Crippen molar-refractivity contribution in [3.63, 3.8) is 0 Å². The van der Waals surface area contributed by atoms with E-state index < -0.39 is 0 Å². The molecule has 0 aromatic rings. The van der Waals surface area contributed by atoms with Gasteiger partial charge in [0.2, 0.25) is 5.91 Å². The maximum Gasteiger partial charge on any atom is 0.223 e. The van der Waals surface area contributed by atoms with E-state index in [1.165, 1.54) is 5.57 Å². The maximum atomic E-state index is 12.0. The Bertz CT molecular complexity index is 317. The van der Waals surface area contributed by atoms with Crippen LogP contribution >= 0.6 is 0 Å². The Morgan fingerprint density at radius 2 is 2.19 bits per heavy atom. The van der Waals surface area contributed by atoms with Crippen LogP contribution in [0.15, 0.2) is 23.8 Å². The van der Waals surface area contributed by atoms with Gasteiger partial charge in [0.15, 0.2) is 0 Å². The Kier molecular flexibility index (Phi) is 4.34. The summed E-state index contributed by atoms with van der Waals surface area (Å²) in [6.07, 6.45) is 3.18. The van der Waals surface area contributed by atoms with Crippen LogP contribution in [0.1, 0.15) is 34.1 Å². The third kappa shape index (κ3) is 3.22. The number of rotatable bonds is 3. The Morgan fingerprint density at radius 3 is 2.75 bits per heavy atom. The van der Waals surface area contributed by atoms with Gasteiger partial charge in [-0.2, -0.15) is 0 Å². The number of carbonyl (C=O) groups is 1. The lowest BCUT2D eigenvalue weighted by Gasteiger charge is -2.31. The zero-order chi connectivity index (χ0) is 12.3. The van der Waals surface area contributed by atoms with Gasteiger partial charge in [0, 0.05) is 12.5 Å². The lowest BCUT2D eigenvalue weighted by Crippen LogP contribution is -2.38. The highest BCUT2D eigenvalue weighted by Gasteiger charge is 2.31. The van der Waals surface area contributed by atoms with Gasteiger partial charge in [0.1, 0.15) is 0 Å². The molecule has 2 nitrogen and oxygen atoms in total. The monoisotopic (exact) mass is 221 g/mol. The highest BCUT2D eigenvalue weighted by atomic mass is 16.1. The third-order valence-corrected chi connectivity index (χ3v) is 3.45. The molecule has 3 atom stereocenters. The van der Waals surface area contributed by atoms with Crippen LogP contribution in [0, 0.1) is 17.8 Å². The Morgan fingerprint density at radius 1 is 1.56 bits per heavy atom. The van der Waals surface area contributed by atoms with Gasteiger partial charge in [-0.15, -0.1) is 0 Å². The first-order valence-electron chi connectivity index (χ1n) is 6.01. The van der Waals surface area contributed by atoms with Crippen molar-refractivity contribution in [2.75, 3.05) is 6.54 Å². The standard InChI is InChI=1S/C14H23NO/c1-9(2)8-15-14(16)13-7-10(3)6-11(4)12(13)5/h6,11-13H,1,7-8H2,2-5H3,(H,15,16). The fourth-order valence-electron chi connectivity index (χ4n) is 2.27. The van der Waals surface area contributed by atoms with E-state index in [1.807, 2.05) is 6.92 Å². The fourth-order valence-corrected chi connectivity index (χ4v) is 2.27. The van der Waals surface area contributed by atoms with E-state index in [1.54, 1.807) is 0 Å². The summed E-state index contributed by atoms with van der Waals surface area (Å²) >= 11 is 0. The van der Waals surface area contributed by atoms with Gasteiger partial charge in [-0.3, -0.25) is 4.79 Å². The molecule has 2 heteroatoms. The lowest BCUT2D eigenvalue weighted by molar-refractivity contribution is -0.126. The van der Waals surface area contributed by atoms with Gasteiger partial charge in [0.05, 0.1) is 0 Å². The smallest absolute Gasteiger partial charge is 0.223 e. The summed E-state index contributed by atoms with van der Waals surface area (Å²) in [7, 11) is 0. The molecule has 1 aliphatic carbocycles. The molecule has 1 rings (SSSR count). The van der Waals surface area contributed by atoms with Crippen molar-refractivity contribution in [3.05, 3.63) is 23.8 Å². The molecule has 0 aromatic carbocycles. The predicted octanol–water partition coefficient (Wildman–Crippen LogP) is 2.92. The van der Waals surface area contributed by atoms with Crippen molar-refractivity contribution >= 4 is 5.91 Å². The molecule has 1 amide bonds. The molecule has 0 saturated carbocycles. The quantitative estimate of drug-likeness (QED) is 0.729. The summed E-state index contributed by atoms with van der Waals surface area (Å²) in [5.41, 5.74) is 2.33. The molecule has 0 radical (unpaired) electrons. The number of hydrogen-bond acceptors (Lipinski definition) is 1. The lowest BCUT2D eigenvalue weighted by atomic mass is 9.75. The molecule has 0 aromatic heterocycles. The van der Waals surface area contributed by atoms with E-state index in [2.05, 4.69) is 38.7 Å². The van der Waals surface area contributed by atoms with E-state index in [9.17, 15) is 4.79 Å². The second kappa shape index (κ2) is 5.33. The average Bonchev–Trinajstić information content (AvgIpc) is 2.19. The molecule has 0 heterocycles. The van der Waals surface area contributed by atoms with E-state index in [0.717, 1.165) is 12.0 Å². The van der Waals surface area contributed by atoms with Crippen molar-refractivity contribution in [1.29, 1.82) is 0 Å². The van der Waals surface area contributed by atoms with Gasteiger partial charge < -0.3 is 5.32 Å². The summed E-state index contributed by atoms with van der Waals surface area (Å²) < 4.78 is 0. The van der Waals surface area contributed by atoms with Crippen molar-refractivity contribution in [3.8, 4) is 0 Å². The van der Waals surface area contributed by atoms with Crippen LogP contribution in [0.5, 0.6) is 0 Å². The van der Waals surface area contributed by atoms with Gasteiger partial charge >= 0.3 is 0 Å². The van der Waals surface area contributed by atoms with Crippen LogP contribution in [-0.4, -0.2) is 12.5 Å².